The third kappa shape index (κ3) is 3.81. The van der Waals surface area contributed by atoms with Crippen molar-refractivity contribution in [1.82, 2.24) is 4.90 Å². The van der Waals surface area contributed by atoms with E-state index >= 15 is 0 Å². The van der Waals surface area contributed by atoms with Crippen molar-refractivity contribution >= 4 is 0 Å². The standard InChI is InChI=1S/C14H23NO3/c1-5-15(6-2)10-11-18-14-12(16-3)8-7-9-13(14)17-4/h7-9H,5-6,10-11H2,1-4H3. The SMILES string of the molecule is CCN(CC)CCOc1c(OC)cccc1OC. The Bertz CT molecular complexity index is 329. The minimum absolute atomic E-state index is 0.623. The summed E-state index contributed by atoms with van der Waals surface area (Å²) in [7, 11) is 3.26. The second-order valence-electron chi connectivity index (χ2n) is 3.87. The molecule has 0 bridgehead atoms. The van der Waals surface area contributed by atoms with Crippen LogP contribution in [-0.4, -0.2) is 45.4 Å². The normalized spacial score (nSPS) is 10.5. The molecule has 4 heteroatoms. The van der Waals surface area contributed by atoms with Crippen LogP contribution in [0.5, 0.6) is 17.2 Å². The Morgan fingerprint density at radius 2 is 1.56 bits per heavy atom. The zero-order chi connectivity index (χ0) is 13.4. The lowest BCUT2D eigenvalue weighted by molar-refractivity contribution is 0.211. The average Bonchev–Trinajstić information content (AvgIpc) is 2.43. The fourth-order valence-electron chi connectivity index (χ4n) is 1.78. The summed E-state index contributed by atoms with van der Waals surface area (Å²) in [4.78, 5) is 2.31. The van der Waals surface area contributed by atoms with E-state index in [4.69, 9.17) is 14.2 Å². The Hall–Kier alpha value is -1.42. The van der Waals surface area contributed by atoms with Gasteiger partial charge in [-0.15, -0.1) is 0 Å². The van der Waals surface area contributed by atoms with Crippen LogP contribution in [-0.2, 0) is 0 Å². The lowest BCUT2D eigenvalue weighted by atomic mass is 10.3. The van der Waals surface area contributed by atoms with Crippen LogP contribution in [0.4, 0.5) is 0 Å². The molecular weight excluding hydrogens is 230 g/mol. The van der Waals surface area contributed by atoms with Gasteiger partial charge in [-0.05, 0) is 25.2 Å². The fourth-order valence-corrected chi connectivity index (χ4v) is 1.78. The number of nitrogens with zero attached hydrogens (tertiary/aromatic N) is 1. The Balaban J connectivity index is 2.65. The second kappa shape index (κ2) is 7.82. The van der Waals surface area contributed by atoms with Crippen LogP contribution in [0.25, 0.3) is 0 Å². The van der Waals surface area contributed by atoms with Gasteiger partial charge in [0, 0.05) is 6.54 Å². The zero-order valence-corrected chi connectivity index (χ0v) is 11.7. The second-order valence-corrected chi connectivity index (χ2v) is 3.87. The number of hydrogen-bond acceptors (Lipinski definition) is 4. The van der Waals surface area contributed by atoms with Crippen molar-refractivity contribution in [3.05, 3.63) is 18.2 Å². The third-order valence-corrected chi connectivity index (χ3v) is 2.93. The lowest BCUT2D eigenvalue weighted by Crippen LogP contribution is -2.28. The first-order valence-corrected chi connectivity index (χ1v) is 6.32. The average molecular weight is 253 g/mol. The maximum absolute atomic E-state index is 5.79. The van der Waals surface area contributed by atoms with Crippen LogP contribution in [0.2, 0.25) is 0 Å². The maximum atomic E-state index is 5.79. The van der Waals surface area contributed by atoms with Crippen molar-refractivity contribution in [2.24, 2.45) is 0 Å². The van der Waals surface area contributed by atoms with E-state index in [9.17, 15) is 0 Å². The van der Waals surface area contributed by atoms with Crippen molar-refractivity contribution in [3.63, 3.8) is 0 Å². The van der Waals surface area contributed by atoms with Crippen LogP contribution in [0.1, 0.15) is 13.8 Å². The number of ether oxygens (including phenoxy) is 3. The van der Waals surface area contributed by atoms with Crippen molar-refractivity contribution < 1.29 is 14.2 Å². The first-order chi connectivity index (χ1) is 8.76. The maximum Gasteiger partial charge on any atom is 0.203 e. The Kier molecular flexibility index (Phi) is 6.36. The molecule has 0 unspecified atom stereocenters. The molecule has 0 amide bonds. The summed E-state index contributed by atoms with van der Waals surface area (Å²) in [5.41, 5.74) is 0. The Morgan fingerprint density at radius 1 is 1.00 bits per heavy atom. The Labute approximate surface area is 109 Å². The van der Waals surface area contributed by atoms with E-state index in [0.29, 0.717) is 23.9 Å². The molecule has 1 aromatic carbocycles. The molecule has 18 heavy (non-hydrogen) atoms. The monoisotopic (exact) mass is 253 g/mol. The molecule has 0 aliphatic heterocycles. The molecular formula is C14H23NO3. The summed E-state index contributed by atoms with van der Waals surface area (Å²) in [5.74, 6) is 2.08. The number of hydrogen-bond donors (Lipinski definition) is 0. The molecule has 0 saturated carbocycles. The first kappa shape index (κ1) is 14.6. The number of methoxy groups -OCH3 is 2. The molecule has 1 rings (SSSR count). The number of para-hydroxylation sites is 1. The van der Waals surface area contributed by atoms with Crippen molar-refractivity contribution in [2.75, 3.05) is 40.5 Å². The molecule has 102 valence electrons. The summed E-state index contributed by atoms with van der Waals surface area (Å²) >= 11 is 0. The summed E-state index contributed by atoms with van der Waals surface area (Å²) in [6.07, 6.45) is 0. The van der Waals surface area contributed by atoms with Gasteiger partial charge in [0.15, 0.2) is 11.5 Å². The molecule has 4 nitrogen and oxygen atoms in total. The van der Waals surface area contributed by atoms with Gasteiger partial charge in [-0.3, -0.25) is 0 Å². The predicted octanol–water partition coefficient (Wildman–Crippen LogP) is 2.42. The van der Waals surface area contributed by atoms with Crippen molar-refractivity contribution in [2.45, 2.75) is 13.8 Å². The molecule has 0 aliphatic rings. The van der Waals surface area contributed by atoms with Crippen LogP contribution in [0.3, 0.4) is 0 Å². The van der Waals surface area contributed by atoms with Crippen LogP contribution in [0, 0.1) is 0 Å². The van der Waals surface area contributed by atoms with Crippen LogP contribution < -0.4 is 14.2 Å². The van der Waals surface area contributed by atoms with Gasteiger partial charge in [0.25, 0.3) is 0 Å². The highest BCUT2D eigenvalue weighted by atomic mass is 16.5. The molecule has 0 atom stereocenters. The molecule has 0 heterocycles. The topological polar surface area (TPSA) is 30.9 Å². The van der Waals surface area contributed by atoms with Gasteiger partial charge in [-0.1, -0.05) is 19.9 Å². The predicted molar refractivity (Wildman–Crippen MR) is 72.8 cm³/mol. The van der Waals surface area contributed by atoms with E-state index in [1.165, 1.54) is 0 Å². The van der Waals surface area contributed by atoms with Crippen molar-refractivity contribution in [1.29, 1.82) is 0 Å². The summed E-state index contributed by atoms with van der Waals surface area (Å²) in [6.45, 7) is 7.87. The highest BCUT2D eigenvalue weighted by molar-refractivity contribution is 5.51. The van der Waals surface area contributed by atoms with Gasteiger partial charge >= 0.3 is 0 Å². The van der Waals surface area contributed by atoms with Gasteiger partial charge in [0.2, 0.25) is 5.75 Å². The zero-order valence-electron chi connectivity index (χ0n) is 11.7. The van der Waals surface area contributed by atoms with Gasteiger partial charge in [-0.2, -0.15) is 0 Å². The smallest absolute Gasteiger partial charge is 0.203 e. The van der Waals surface area contributed by atoms with E-state index in [0.717, 1.165) is 19.6 Å². The van der Waals surface area contributed by atoms with Gasteiger partial charge in [0.05, 0.1) is 14.2 Å². The Morgan fingerprint density at radius 3 is 2.00 bits per heavy atom. The minimum Gasteiger partial charge on any atom is -0.493 e. The highest BCUT2D eigenvalue weighted by Crippen LogP contribution is 2.36. The van der Waals surface area contributed by atoms with Gasteiger partial charge in [0.1, 0.15) is 6.61 Å². The fraction of sp³-hybridized carbons (Fsp3) is 0.571. The van der Waals surface area contributed by atoms with Crippen LogP contribution >= 0.6 is 0 Å². The summed E-state index contributed by atoms with van der Waals surface area (Å²) < 4.78 is 16.4. The molecule has 1 aromatic rings. The van der Waals surface area contributed by atoms with E-state index < -0.39 is 0 Å². The van der Waals surface area contributed by atoms with E-state index in [1.807, 2.05) is 18.2 Å². The van der Waals surface area contributed by atoms with Crippen molar-refractivity contribution in [3.8, 4) is 17.2 Å². The van der Waals surface area contributed by atoms with E-state index in [-0.39, 0.29) is 0 Å². The van der Waals surface area contributed by atoms with Gasteiger partial charge in [-0.25, -0.2) is 0 Å². The highest BCUT2D eigenvalue weighted by Gasteiger charge is 2.11. The minimum atomic E-state index is 0.623. The molecule has 0 aromatic heterocycles. The van der Waals surface area contributed by atoms with E-state index in [2.05, 4.69) is 18.7 Å². The van der Waals surface area contributed by atoms with Crippen LogP contribution in [0.15, 0.2) is 18.2 Å². The first-order valence-electron chi connectivity index (χ1n) is 6.32. The number of rotatable bonds is 8. The number of likely N-dealkylation sites (N-methyl/N-ethyl adjacent to an activating group) is 1. The molecule has 0 radical (unpaired) electrons. The molecule has 0 N–H and O–H groups in total. The quantitative estimate of drug-likeness (QED) is 0.712. The molecule has 0 spiro atoms. The summed E-state index contributed by atoms with van der Waals surface area (Å²) in [6, 6.07) is 5.62. The van der Waals surface area contributed by atoms with Gasteiger partial charge < -0.3 is 19.1 Å². The summed E-state index contributed by atoms with van der Waals surface area (Å²) in [5, 5.41) is 0. The largest absolute Gasteiger partial charge is 0.493 e. The molecule has 0 aliphatic carbocycles. The lowest BCUT2D eigenvalue weighted by Gasteiger charge is -2.19. The van der Waals surface area contributed by atoms with E-state index in [1.54, 1.807) is 14.2 Å². The number of benzene rings is 1. The third-order valence-electron chi connectivity index (χ3n) is 2.93. The molecule has 0 saturated heterocycles. The molecule has 0 fully saturated rings.